The number of aromatic nitrogens is 2. The van der Waals surface area contributed by atoms with Crippen LogP contribution in [0.15, 0.2) is 18.2 Å². The fourth-order valence-electron chi connectivity index (χ4n) is 2.87. The van der Waals surface area contributed by atoms with Gasteiger partial charge in [-0.15, -0.1) is 10.2 Å². The van der Waals surface area contributed by atoms with Crippen molar-refractivity contribution >= 4 is 22.4 Å². The van der Waals surface area contributed by atoms with Crippen LogP contribution in [-0.4, -0.2) is 27.5 Å². The van der Waals surface area contributed by atoms with Crippen LogP contribution in [0.4, 0.5) is 9.52 Å². The Bertz CT molecular complexity index is 746. The summed E-state index contributed by atoms with van der Waals surface area (Å²) in [6, 6.07) is 4.77. The molecule has 0 saturated heterocycles. The zero-order valence-electron chi connectivity index (χ0n) is 14.0. The van der Waals surface area contributed by atoms with Gasteiger partial charge in [0.1, 0.15) is 10.8 Å². The molecule has 1 aromatic heterocycles. The highest BCUT2D eigenvalue weighted by molar-refractivity contribution is 7.15. The smallest absolute Gasteiger partial charge is 0.219 e. The van der Waals surface area contributed by atoms with Crippen LogP contribution in [0.5, 0.6) is 0 Å². The van der Waals surface area contributed by atoms with Crippen molar-refractivity contribution in [3.8, 4) is 0 Å². The lowest BCUT2D eigenvalue weighted by molar-refractivity contribution is -0.129. The maximum absolute atomic E-state index is 13.7. The summed E-state index contributed by atoms with van der Waals surface area (Å²) in [5, 5.41) is 13.6. The van der Waals surface area contributed by atoms with Crippen LogP contribution in [-0.2, 0) is 11.3 Å². The predicted octanol–water partition coefficient (Wildman–Crippen LogP) is 3.71. The molecule has 0 radical (unpaired) electrons. The second kappa shape index (κ2) is 6.84. The van der Waals surface area contributed by atoms with Crippen molar-refractivity contribution in [2.75, 3.05) is 11.9 Å². The van der Waals surface area contributed by atoms with Crippen molar-refractivity contribution in [1.82, 2.24) is 15.1 Å². The van der Waals surface area contributed by atoms with Gasteiger partial charge in [-0.05, 0) is 29.7 Å². The number of amides is 1. The number of hydrogen-bond acceptors (Lipinski definition) is 5. The average Bonchev–Trinajstić information content (AvgIpc) is 2.91. The van der Waals surface area contributed by atoms with Gasteiger partial charge in [0, 0.05) is 25.9 Å². The van der Waals surface area contributed by atoms with Crippen molar-refractivity contribution in [2.45, 2.75) is 45.7 Å². The summed E-state index contributed by atoms with van der Waals surface area (Å²) >= 11 is 1.54. The Morgan fingerprint density at radius 1 is 1.42 bits per heavy atom. The molecule has 128 valence electrons. The first-order valence-corrected chi connectivity index (χ1v) is 8.89. The predicted molar refractivity (Wildman–Crippen MR) is 92.5 cm³/mol. The van der Waals surface area contributed by atoms with Crippen LogP contribution >= 0.6 is 11.3 Å². The number of fused-ring (bicyclic) bond motifs is 1. The number of nitrogens with one attached hydrogen (secondary N) is 1. The maximum Gasteiger partial charge on any atom is 0.219 e. The highest BCUT2D eigenvalue weighted by Gasteiger charge is 2.25. The molecule has 1 aliphatic heterocycles. The van der Waals surface area contributed by atoms with Gasteiger partial charge in [-0.2, -0.15) is 0 Å². The van der Waals surface area contributed by atoms with Gasteiger partial charge in [0.2, 0.25) is 11.0 Å². The number of nitrogens with zero attached hydrogens (tertiary/aromatic N) is 3. The van der Waals surface area contributed by atoms with E-state index in [1.807, 2.05) is 0 Å². The summed E-state index contributed by atoms with van der Waals surface area (Å²) in [5.41, 5.74) is 1.86. The minimum absolute atomic E-state index is 0.00358. The van der Waals surface area contributed by atoms with E-state index in [2.05, 4.69) is 29.4 Å². The molecule has 24 heavy (non-hydrogen) atoms. The van der Waals surface area contributed by atoms with Gasteiger partial charge in [0.25, 0.3) is 0 Å². The number of carbonyl (C=O) groups excluding carboxylic acids is 1. The third-order valence-corrected chi connectivity index (χ3v) is 5.36. The van der Waals surface area contributed by atoms with Crippen LogP contribution < -0.4 is 5.32 Å². The number of halogens is 1. The third-order valence-electron chi connectivity index (χ3n) is 4.21. The number of hydrogen-bond donors (Lipinski definition) is 1. The van der Waals surface area contributed by atoms with Gasteiger partial charge in [-0.3, -0.25) is 4.79 Å². The molecule has 7 heteroatoms. The van der Waals surface area contributed by atoms with Crippen molar-refractivity contribution in [2.24, 2.45) is 0 Å². The van der Waals surface area contributed by atoms with Gasteiger partial charge in [0.05, 0.1) is 6.04 Å². The monoisotopic (exact) mass is 348 g/mol. The molecule has 3 rings (SSSR count). The zero-order chi connectivity index (χ0) is 17.3. The first-order valence-electron chi connectivity index (χ1n) is 8.08. The molecule has 1 aromatic carbocycles. The summed E-state index contributed by atoms with van der Waals surface area (Å²) in [7, 11) is 0. The van der Waals surface area contributed by atoms with Crippen LogP contribution in [0.25, 0.3) is 0 Å². The lowest BCUT2D eigenvalue weighted by Crippen LogP contribution is -2.28. The van der Waals surface area contributed by atoms with E-state index >= 15 is 0 Å². The second-order valence-electron chi connectivity index (χ2n) is 6.37. The van der Waals surface area contributed by atoms with Crippen LogP contribution in [0, 0.1) is 5.82 Å². The topological polar surface area (TPSA) is 58.1 Å². The number of benzene rings is 1. The molecule has 0 bridgehead atoms. The molecule has 1 aliphatic rings. The molecule has 0 aliphatic carbocycles. The van der Waals surface area contributed by atoms with E-state index < -0.39 is 0 Å². The summed E-state index contributed by atoms with van der Waals surface area (Å²) in [6.45, 7) is 6.77. The lowest BCUT2D eigenvalue weighted by atomic mass is 9.99. The Morgan fingerprint density at radius 2 is 2.21 bits per heavy atom. The SMILES string of the molecule is CC(=O)N1CC[C@@H](Nc2nnc(C(C)C)s2)c2ccc(F)cc2C1. The van der Waals surface area contributed by atoms with Gasteiger partial charge < -0.3 is 10.2 Å². The second-order valence-corrected chi connectivity index (χ2v) is 7.38. The number of anilines is 1. The highest BCUT2D eigenvalue weighted by Crippen LogP contribution is 2.32. The zero-order valence-corrected chi connectivity index (χ0v) is 14.9. The van der Waals surface area contributed by atoms with Gasteiger partial charge in [-0.25, -0.2) is 4.39 Å². The van der Waals surface area contributed by atoms with Crippen molar-refractivity contribution < 1.29 is 9.18 Å². The molecule has 1 atom stereocenters. The first kappa shape index (κ1) is 16.8. The van der Waals surface area contributed by atoms with E-state index in [1.54, 1.807) is 17.9 Å². The van der Waals surface area contributed by atoms with Crippen molar-refractivity contribution in [3.63, 3.8) is 0 Å². The summed E-state index contributed by atoms with van der Waals surface area (Å²) in [5.74, 6) is 0.0570. The Kier molecular flexibility index (Phi) is 4.80. The van der Waals surface area contributed by atoms with Gasteiger partial charge >= 0.3 is 0 Å². The van der Waals surface area contributed by atoms with Gasteiger partial charge in [-0.1, -0.05) is 31.3 Å². The van der Waals surface area contributed by atoms with E-state index in [1.165, 1.54) is 23.5 Å². The molecule has 2 aromatic rings. The minimum atomic E-state index is -0.282. The summed E-state index contributed by atoms with van der Waals surface area (Å²) in [4.78, 5) is 13.5. The van der Waals surface area contributed by atoms with Crippen LogP contribution in [0.2, 0.25) is 0 Å². The third kappa shape index (κ3) is 3.56. The van der Waals surface area contributed by atoms with E-state index in [0.29, 0.717) is 19.0 Å². The summed E-state index contributed by atoms with van der Waals surface area (Å²) in [6.07, 6.45) is 0.745. The van der Waals surface area contributed by atoms with Gasteiger partial charge in [0.15, 0.2) is 0 Å². The van der Waals surface area contributed by atoms with Crippen LogP contribution in [0.3, 0.4) is 0 Å². The molecular weight excluding hydrogens is 327 g/mol. The molecule has 1 N–H and O–H groups in total. The van der Waals surface area contributed by atoms with Crippen LogP contribution in [0.1, 0.15) is 55.3 Å². The molecule has 1 amide bonds. The maximum atomic E-state index is 13.7. The van der Waals surface area contributed by atoms with E-state index in [0.717, 1.165) is 27.7 Å². The Labute approximate surface area is 144 Å². The minimum Gasteiger partial charge on any atom is -0.353 e. The fourth-order valence-corrected chi connectivity index (χ4v) is 3.67. The number of carbonyl (C=O) groups is 1. The molecule has 5 nitrogen and oxygen atoms in total. The average molecular weight is 348 g/mol. The van der Waals surface area contributed by atoms with E-state index in [-0.39, 0.29) is 17.8 Å². The van der Waals surface area contributed by atoms with Crippen molar-refractivity contribution in [1.29, 1.82) is 0 Å². The van der Waals surface area contributed by atoms with Crippen molar-refractivity contribution in [3.05, 3.63) is 40.2 Å². The quantitative estimate of drug-likeness (QED) is 0.919. The standard InChI is InChI=1S/C17H21FN4OS/c1-10(2)16-20-21-17(24-16)19-15-6-7-22(11(3)23)9-12-8-13(18)4-5-14(12)15/h4-5,8,10,15H,6-7,9H2,1-3H3,(H,19,21)/t15-/m1/s1. The summed E-state index contributed by atoms with van der Waals surface area (Å²) < 4.78 is 13.7. The molecule has 0 saturated carbocycles. The molecule has 0 unspecified atom stereocenters. The molecular formula is C17H21FN4OS. The normalized spacial score (nSPS) is 17.5. The number of rotatable bonds is 3. The van der Waals surface area contributed by atoms with E-state index in [9.17, 15) is 9.18 Å². The lowest BCUT2D eigenvalue weighted by Gasteiger charge is -2.19. The largest absolute Gasteiger partial charge is 0.353 e. The molecule has 2 heterocycles. The Balaban J connectivity index is 1.88. The Hall–Kier alpha value is -2.02. The molecule has 0 spiro atoms. The highest BCUT2D eigenvalue weighted by atomic mass is 32.1. The first-order chi connectivity index (χ1) is 11.4. The fraction of sp³-hybridized carbons (Fsp3) is 0.471. The molecule has 0 fully saturated rings. The Morgan fingerprint density at radius 3 is 2.88 bits per heavy atom. The van der Waals surface area contributed by atoms with E-state index in [4.69, 9.17) is 0 Å².